The van der Waals surface area contributed by atoms with Crippen molar-refractivity contribution in [1.29, 1.82) is 0 Å². The van der Waals surface area contributed by atoms with Gasteiger partial charge in [0.05, 0.1) is 18.6 Å². The molecule has 0 amide bonds. The van der Waals surface area contributed by atoms with Crippen molar-refractivity contribution in [3.63, 3.8) is 0 Å². The van der Waals surface area contributed by atoms with E-state index in [0.29, 0.717) is 69.1 Å². The summed E-state index contributed by atoms with van der Waals surface area (Å²) >= 11 is 0. The maximum atomic E-state index is 6.03. The zero-order valence-electron chi connectivity index (χ0n) is 20.2. The third-order valence-electron chi connectivity index (χ3n) is 5.76. The minimum atomic E-state index is 0.345. The van der Waals surface area contributed by atoms with Gasteiger partial charge in [0, 0.05) is 12.4 Å². The minimum absolute atomic E-state index is 0.345. The monoisotopic (exact) mass is 511 g/mol. The van der Waals surface area contributed by atoms with Gasteiger partial charge in [0.25, 0.3) is 0 Å². The number of hydrogen-bond donors (Lipinski definition) is 0. The fourth-order valence-corrected chi connectivity index (χ4v) is 3.91. The standard InChI is InChI=1S/C29H17N7O3/c1-3-13-30-18(7-1)24-15-33-28(37-24)22-11-6-10-20(36-22)26-17-34-29(39-26)23-12-5-9-19(35-23)25-16-32-27(38-25)21-8-2-4-14-31-21/h1-17H. The molecule has 0 aliphatic carbocycles. The first-order valence-electron chi connectivity index (χ1n) is 12.0. The van der Waals surface area contributed by atoms with Gasteiger partial charge in [-0.15, -0.1) is 0 Å². The van der Waals surface area contributed by atoms with Gasteiger partial charge in [0.2, 0.25) is 17.7 Å². The van der Waals surface area contributed by atoms with Gasteiger partial charge in [-0.3, -0.25) is 9.97 Å². The van der Waals surface area contributed by atoms with Gasteiger partial charge in [-0.2, -0.15) is 0 Å². The van der Waals surface area contributed by atoms with Crippen molar-refractivity contribution < 1.29 is 13.3 Å². The molecule has 10 nitrogen and oxygen atoms in total. The van der Waals surface area contributed by atoms with E-state index >= 15 is 0 Å². The van der Waals surface area contributed by atoms with E-state index in [-0.39, 0.29) is 0 Å². The summed E-state index contributed by atoms with van der Waals surface area (Å²) in [5, 5.41) is 0. The van der Waals surface area contributed by atoms with Crippen LogP contribution in [0.4, 0.5) is 0 Å². The van der Waals surface area contributed by atoms with Crippen molar-refractivity contribution in [3.05, 3.63) is 104 Å². The molecule has 7 aromatic rings. The van der Waals surface area contributed by atoms with Crippen molar-refractivity contribution in [1.82, 2.24) is 34.9 Å². The molecule has 0 N–H and O–H groups in total. The van der Waals surface area contributed by atoms with Crippen molar-refractivity contribution in [2.24, 2.45) is 0 Å². The van der Waals surface area contributed by atoms with E-state index in [4.69, 9.17) is 13.3 Å². The average molecular weight is 512 g/mol. The summed E-state index contributed by atoms with van der Waals surface area (Å²) in [5.41, 5.74) is 3.61. The third kappa shape index (κ3) is 4.46. The lowest BCUT2D eigenvalue weighted by Crippen LogP contribution is -1.87. The van der Waals surface area contributed by atoms with Crippen LogP contribution < -0.4 is 0 Å². The summed E-state index contributed by atoms with van der Waals surface area (Å²) in [5.74, 6) is 2.69. The van der Waals surface area contributed by atoms with Crippen molar-refractivity contribution in [2.75, 3.05) is 0 Å². The molecule has 0 fully saturated rings. The van der Waals surface area contributed by atoms with E-state index in [0.717, 1.165) is 0 Å². The van der Waals surface area contributed by atoms with Gasteiger partial charge < -0.3 is 13.3 Å². The maximum Gasteiger partial charge on any atom is 0.245 e. The first-order chi connectivity index (χ1) is 19.3. The number of hydrogen-bond acceptors (Lipinski definition) is 10. The largest absolute Gasteiger partial charge is 0.433 e. The second-order valence-electron chi connectivity index (χ2n) is 8.34. The van der Waals surface area contributed by atoms with Gasteiger partial charge >= 0.3 is 0 Å². The minimum Gasteiger partial charge on any atom is -0.433 e. The zero-order valence-corrected chi connectivity index (χ0v) is 20.2. The van der Waals surface area contributed by atoms with Crippen molar-refractivity contribution in [3.8, 4) is 69.1 Å². The quantitative estimate of drug-likeness (QED) is 0.253. The van der Waals surface area contributed by atoms with Crippen LogP contribution in [0.15, 0.2) is 117 Å². The molecular formula is C29H17N7O3. The highest BCUT2D eigenvalue weighted by Gasteiger charge is 2.16. The molecule has 0 unspecified atom stereocenters. The third-order valence-corrected chi connectivity index (χ3v) is 5.76. The second-order valence-corrected chi connectivity index (χ2v) is 8.34. The van der Waals surface area contributed by atoms with Crippen LogP contribution in [0.25, 0.3) is 69.1 Å². The number of nitrogens with zero attached hydrogens (tertiary/aromatic N) is 7. The second kappa shape index (κ2) is 9.60. The summed E-state index contributed by atoms with van der Waals surface area (Å²) in [7, 11) is 0. The maximum absolute atomic E-state index is 6.03. The molecular weight excluding hydrogens is 494 g/mol. The van der Waals surface area contributed by atoms with E-state index < -0.39 is 0 Å². The number of rotatable bonds is 6. The van der Waals surface area contributed by atoms with Crippen LogP contribution in [0.3, 0.4) is 0 Å². The summed E-state index contributed by atoms with van der Waals surface area (Å²) < 4.78 is 17.8. The number of pyridine rings is 4. The lowest BCUT2D eigenvalue weighted by atomic mass is 10.2. The van der Waals surface area contributed by atoms with Crippen molar-refractivity contribution >= 4 is 0 Å². The van der Waals surface area contributed by atoms with Crippen LogP contribution in [0.5, 0.6) is 0 Å². The molecule has 0 saturated carbocycles. The highest BCUT2D eigenvalue weighted by Crippen LogP contribution is 2.29. The molecule has 0 atom stereocenters. The zero-order chi connectivity index (χ0) is 26.0. The van der Waals surface area contributed by atoms with E-state index in [1.54, 1.807) is 31.0 Å². The molecule has 0 spiro atoms. The Balaban J connectivity index is 1.15. The van der Waals surface area contributed by atoms with Crippen LogP contribution in [-0.2, 0) is 0 Å². The smallest absolute Gasteiger partial charge is 0.245 e. The summed E-state index contributed by atoms with van der Waals surface area (Å²) in [6.07, 6.45) is 8.25. The average Bonchev–Trinajstić information content (AvgIpc) is 3.80. The Morgan fingerprint density at radius 1 is 0.359 bits per heavy atom. The Morgan fingerprint density at radius 2 is 0.769 bits per heavy atom. The molecule has 10 heteroatoms. The highest BCUT2D eigenvalue weighted by atomic mass is 16.4. The van der Waals surface area contributed by atoms with Crippen LogP contribution in [-0.4, -0.2) is 34.9 Å². The normalized spacial score (nSPS) is 11.1. The van der Waals surface area contributed by atoms with E-state index in [9.17, 15) is 0 Å². The topological polar surface area (TPSA) is 130 Å². The Bertz CT molecular complexity index is 1740. The summed E-state index contributed by atoms with van der Waals surface area (Å²) in [6, 6.07) is 22.1. The van der Waals surface area contributed by atoms with Crippen LogP contribution >= 0.6 is 0 Å². The molecule has 186 valence electrons. The SMILES string of the molecule is c1ccc(-c2cnc(-c3cccc(-c4cnc(-c5cccc(-c6cnc(-c7ccccn7)o6)n5)o4)n3)o2)nc1. The first kappa shape index (κ1) is 22.4. The Labute approximate surface area is 221 Å². The molecule has 7 aromatic heterocycles. The van der Waals surface area contributed by atoms with Crippen LogP contribution in [0.1, 0.15) is 0 Å². The van der Waals surface area contributed by atoms with Crippen LogP contribution in [0, 0.1) is 0 Å². The lowest BCUT2D eigenvalue weighted by Gasteiger charge is -2.00. The Hall–Kier alpha value is -5.77. The molecule has 7 heterocycles. The van der Waals surface area contributed by atoms with Crippen LogP contribution in [0.2, 0.25) is 0 Å². The van der Waals surface area contributed by atoms with E-state index in [1.807, 2.05) is 72.8 Å². The molecule has 0 bridgehead atoms. The Morgan fingerprint density at radius 3 is 1.26 bits per heavy atom. The molecule has 0 aromatic carbocycles. The number of oxazole rings is 3. The molecule has 0 aliphatic rings. The lowest BCUT2D eigenvalue weighted by molar-refractivity contribution is 0.578. The van der Waals surface area contributed by atoms with Gasteiger partial charge in [-0.1, -0.05) is 24.3 Å². The first-order valence-corrected chi connectivity index (χ1v) is 12.0. The van der Waals surface area contributed by atoms with E-state index in [2.05, 4.69) is 34.9 Å². The molecule has 0 saturated heterocycles. The highest BCUT2D eigenvalue weighted by molar-refractivity contribution is 5.63. The molecule has 0 aliphatic heterocycles. The van der Waals surface area contributed by atoms with E-state index in [1.165, 1.54) is 0 Å². The van der Waals surface area contributed by atoms with Gasteiger partial charge in [-0.25, -0.2) is 24.9 Å². The Kier molecular flexibility index (Phi) is 5.52. The molecule has 7 rings (SSSR count). The van der Waals surface area contributed by atoms with Gasteiger partial charge in [-0.05, 0) is 48.5 Å². The number of aromatic nitrogens is 7. The van der Waals surface area contributed by atoms with Gasteiger partial charge in [0.15, 0.2) is 17.3 Å². The fraction of sp³-hybridized carbons (Fsp3) is 0. The molecule has 0 radical (unpaired) electrons. The van der Waals surface area contributed by atoms with Crippen molar-refractivity contribution in [2.45, 2.75) is 0 Å². The predicted octanol–water partition coefficient (Wildman–Crippen LogP) is 6.23. The predicted molar refractivity (Wildman–Crippen MR) is 140 cm³/mol. The summed E-state index contributed by atoms with van der Waals surface area (Å²) in [4.78, 5) is 31.0. The molecule has 39 heavy (non-hydrogen) atoms. The fourth-order valence-electron chi connectivity index (χ4n) is 3.91. The van der Waals surface area contributed by atoms with Gasteiger partial charge in [0.1, 0.15) is 34.2 Å². The summed E-state index contributed by atoms with van der Waals surface area (Å²) in [6.45, 7) is 0.